The molecule has 0 bridgehead atoms. The highest BCUT2D eigenvalue weighted by molar-refractivity contribution is 5.71. The first-order valence-electron chi connectivity index (χ1n) is 30.9. The maximum atomic E-state index is 12.8. The molecule has 0 heterocycles. The molecule has 0 aliphatic carbocycles. The van der Waals surface area contributed by atoms with Crippen LogP contribution in [0.1, 0.15) is 251 Å². The van der Waals surface area contributed by atoms with Gasteiger partial charge in [-0.2, -0.15) is 0 Å². The zero-order chi connectivity index (χ0) is 55.5. The van der Waals surface area contributed by atoms with Crippen molar-refractivity contribution in [2.75, 3.05) is 47.5 Å². The molecule has 0 fully saturated rings. The van der Waals surface area contributed by atoms with Gasteiger partial charge in [0, 0.05) is 12.8 Å². The van der Waals surface area contributed by atoms with Crippen LogP contribution in [-0.4, -0.2) is 87.4 Å². The number of aliphatic carboxylic acids is 1. The van der Waals surface area contributed by atoms with Crippen molar-refractivity contribution in [2.45, 2.75) is 264 Å². The number of carboxylic acids is 1. The lowest BCUT2D eigenvalue weighted by atomic mass is 10.0. The zero-order valence-electron chi connectivity index (χ0n) is 49.6. The molecule has 9 heteroatoms. The number of ether oxygens (including phenoxy) is 4. The minimum absolute atomic E-state index is 0.185. The van der Waals surface area contributed by atoms with Crippen LogP contribution in [0.2, 0.25) is 0 Å². The first kappa shape index (κ1) is 72.2. The van der Waals surface area contributed by atoms with Crippen LogP contribution >= 0.6 is 0 Å². The number of carboxylic acid groups (broad SMARTS) is 1. The number of hydrogen-bond donors (Lipinski definition) is 1. The normalized spacial score (nSPS) is 13.4. The van der Waals surface area contributed by atoms with E-state index < -0.39 is 24.3 Å². The Kier molecular flexibility index (Phi) is 54.5. The largest absolute Gasteiger partial charge is 0.477 e. The number of esters is 2. The lowest BCUT2D eigenvalue weighted by Gasteiger charge is -2.25. The highest BCUT2D eigenvalue weighted by atomic mass is 16.7. The Morgan fingerprint density at radius 3 is 1.13 bits per heavy atom. The number of carbonyl (C=O) groups excluding carboxylic acids is 2. The Bertz CT molecular complexity index is 1570. The SMILES string of the molecule is CC/C=C\C/C=C\C/C=C\C/C=C\C/C=C\C/C=C\C/C=C\CCCCCCCCCCCCCCCCCCCCCC(=O)OC(COC(=O)CCCCCCC/C=C\CCC)COC(OCC[N+](C)(C)C)C(=O)O. The molecule has 0 aromatic carbocycles. The quantitative estimate of drug-likeness (QED) is 0.0211. The van der Waals surface area contributed by atoms with Crippen LogP contribution < -0.4 is 0 Å². The summed E-state index contributed by atoms with van der Waals surface area (Å²) in [6, 6.07) is 0. The number of nitrogens with zero attached hydrogens (tertiary/aromatic N) is 1. The average Bonchev–Trinajstić information content (AvgIpc) is 3.39. The van der Waals surface area contributed by atoms with Gasteiger partial charge < -0.3 is 28.5 Å². The van der Waals surface area contributed by atoms with E-state index in [9.17, 15) is 19.5 Å². The number of rotatable bonds is 56. The summed E-state index contributed by atoms with van der Waals surface area (Å²) in [5, 5.41) is 9.67. The number of unbranched alkanes of at least 4 members (excludes halogenated alkanes) is 25. The summed E-state index contributed by atoms with van der Waals surface area (Å²) in [7, 11) is 5.96. The Labute approximate surface area is 467 Å². The van der Waals surface area contributed by atoms with E-state index >= 15 is 0 Å². The molecular formula is C67H116NO8+. The van der Waals surface area contributed by atoms with Gasteiger partial charge in [-0.1, -0.05) is 246 Å². The Hall–Kier alpha value is -3.79. The van der Waals surface area contributed by atoms with Gasteiger partial charge in [0.15, 0.2) is 6.10 Å². The first-order valence-corrected chi connectivity index (χ1v) is 30.9. The van der Waals surface area contributed by atoms with E-state index in [1.54, 1.807) is 0 Å². The molecular weight excluding hydrogens is 947 g/mol. The molecule has 1 N–H and O–H groups in total. The number of likely N-dealkylation sites (N-methyl/N-ethyl adjacent to an activating group) is 1. The topological polar surface area (TPSA) is 108 Å². The Morgan fingerprint density at radius 2 is 0.750 bits per heavy atom. The third-order valence-corrected chi connectivity index (χ3v) is 13.1. The lowest BCUT2D eigenvalue weighted by molar-refractivity contribution is -0.870. The molecule has 0 aromatic heterocycles. The van der Waals surface area contributed by atoms with Gasteiger partial charge in [0.25, 0.3) is 6.29 Å². The van der Waals surface area contributed by atoms with Crippen molar-refractivity contribution in [3.8, 4) is 0 Å². The second kappa shape index (κ2) is 57.4. The van der Waals surface area contributed by atoms with Crippen LogP contribution in [0.25, 0.3) is 0 Å². The fourth-order valence-electron chi connectivity index (χ4n) is 8.35. The third kappa shape index (κ3) is 57.9. The van der Waals surface area contributed by atoms with E-state index in [0.29, 0.717) is 17.4 Å². The summed E-state index contributed by atoms with van der Waals surface area (Å²) >= 11 is 0. The van der Waals surface area contributed by atoms with Gasteiger partial charge in [-0.15, -0.1) is 0 Å². The van der Waals surface area contributed by atoms with Gasteiger partial charge in [-0.3, -0.25) is 9.59 Å². The molecule has 0 aliphatic rings. The molecule has 0 saturated heterocycles. The minimum atomic E-state index is -1.51. The molecule has 0 spiro atoms. The molecule has 0 amide bonds. The summed E-state index contributed by atoms with van der Waals surface area (Å²) in [6.45, 7) is 4.69. The number of quaternary nitrogens is 1. The summed E-state index contributed by atoms with van der Waals surface area (Å²) in [5.74, 6) is -2.02. The monoisotopic (exact) mass is 1060 g/mol. The van der Waals surface area contributed by atoms with Crippen molar-refractivity contribution >= 4 is 17.9 Å². The summed E-state index contributed by atoms with van der Waals surface area (Å²) in [5.41, 5.74) is 0. The first-order chi connectivity index (χ1) is 37.1. The van der Waals surface area contributed by atoms with Crippen molar-refractivity contribution in [1.29, 1.82) is 0 Å². The molecule has 0 aliphatic heterocycles. The number of allylic oxidation sites excluding steroid dienone is 16. The molecule has 9 nitrogen and oxygen atoms in total. The number of hydrogen-bond acceptors (Lipinski definition) is 7. The fourth-order valence-corrected chi connectivity index (χ4v) is 8.35. The summed E-state index contributed by atoms with van der Waals surface area (Å²) in [6.07, 6.45) is 75.3. The Morgan fingerprint density at radius 1 is 0.408 bits per heavy atom. The zero-order valence-corrected chi connectivity index (χ0v) is 49.6. The molecule has 2 unspecified atom stereocenters. The van der Waals surface area contributed by atoms with Crippen molar-refractivity contribution in [1.82, 2.24) is 0 Å². The smallest absolute Gasteiger partial charge is 0.361 e. The summed E-state index contributed by atoms with van der Waals surface area (Å²) in [4.78, 5) is 37.3. The standard InChI is InChI=1S/C67H115NO8/c1-6-8-10-12-14-16-18-19-20-21-22-23-24-25-26-27-28-29-30-31-32-33-34-35-36-37-38-39-40-41-42-43-44-45-46-47-48-50-52-54-56-58-65(70)76-63(62-75-67(66(71)72)73-60-59-68(3,4)5)61-74-64(69)57-55-53-51-49-17-15-13-11-9-7-2/h8,10-11,13-14,16,19-20,22-23,25-26,28-29,31-32,63,67H,6-7,9,12,15,17-18,21,24,27,30,33-62H2,1-5H3/p+1/b10-8-,13-11-,16-14-,20-19-,23-22-,26-25-,29-28-,32-31-. The highest BCUT2D eigenvalue weighted by Crippen LogP contribution is 2.16. The third-order valence-electron chi connectivity index (χ3n) is 13.1. The molecule has 436 valence electrons. The van der Waals surface area contributed by atoms with Gasteiger partial charge >= 0.3 is 17.9 Å². The average molecular weight is 1060 g/mol. The highest BCUT2D eigenvalue weighted by Gasteiger charge is 2.25. The minimum Gasteiger partial charge on any atom is -0.477 e. The fraction of sp³-hybridized carbons (Fsp3) is 0.716. The van der Waals surface area contributed by atoms with E-state index in [4.69, 9.17) is 18.9 Å². The molecule has 0 saturated carbocycles. The predicted molar refractivity (Wildman–Crippen MR) is 322 cm³/mol. The molecule has 0 rings (SSSR count). The van der Waals surface area contributed by atoms with E-state index in [0.717, 1.165) is 109 Å². The molecule has 0 radical (unpaired) electrons. The molecule has 0 aromatic rings. The van der Waals surface area contributed by atoms with Crippen LogP contribution in [0.15, 0.2) is 97.2 Å². The van der Waals surface area contributed by atoms with Crippen LogP contribution in [0, 0.1) is 0 Å². The van der Waals surface area contributed by atoms with E-state index in [1.165, 1.54) is 116 Å². The van der Waals surface area contributed by atoms with Gasteiger partial charge in [-0.05, 0) is 89.9 Å². The second-order valence-electron chi connectivity index (χ2n) is 21.6. The van der Waals surface area contributed by atoms with Crippen molar-refractivity contribution in [3.05, 3.63) is 97.2 Å². The van der Waals surface area contributed by atoms with E-state index in [2.05, 4.69) is 111 Å². The van der Waals surface area contributed by atoms with Crippen molar-refractivity contribution in [3.63, 3.8) is 0 Å². The van der Waals surface area contributed by atoms with Crippen LogP contribution in [0.3, 0.4) is 0 Å². The number of carbonyl (C=O) groups is 3. The predicted octanol–water partition coefficient (Wildman–Crippen LogP) is 18.5. The van der Waals surface area contributed by atoms with Gasteiger partial charge in [-0.25, -0.2) is 4.79 Å². The van der Waals surface area contributed by atoms with Crippen molar-refractivity contribution in [2.24, 2.45) is 0 Å². The van der Waals surface area contributed by atoms with Crippen molar-refractivity contribution < 1.29 is 42.9 Å². The van der Waals surface area contributed by atoms with Gasteiger partial charge in [0.2, 0.25) is 0 Å². The van der Waals surface area contributed by atoms with Gasteiger partial charge in [0.05, 0.1) is 34.4 Å². The lowest BCUT2D eigenvalue weighted by Crippen LogP contribution is -2.40. The second-order valence-corrected chi connectivity index (χ2v) is 21.6. The van der Waals surface area contributed by atoms with Gasteiger partial charge in [0.1, 0.15) is 13.2 Å². The van der Waals surface area contributed by atoms with Crippen LogP contribution in [0.5, 0.6) is 0 Å². The van der Waals surface area contributed by atoms with E-state index in [-0.39, 0.29) is 32.2 Å². The van der Waals surface area contributed by atoms with Crippen LogP contribution in [0.4, 0.5) is 0 Å². The molecule has 2 atom stereocenters. The maximum Gasteiger partial charge on any atom is 0.361 e. The summed E-state index contributed by atoms with van der Waals surface area (Å²) < 4.78 is 22.8. The van der Waals surface area contributed by atoms with Crippen LogP contribution in [-0.2, 0) is 33.3 Å². The van der Waals surface area contributed by atoms with E-state index in [1.807, 2.05) is 21.1 Å². The maximum absolute atomic E-state index is 12.8. The molecule has 76 heavy (non-hydrogen) atoms. The Balaban J connectivity index is 3.94.